The summed E-state index contributed by atoms with van der Waals surface area (Å²) in [5, 5.41) is 0. The van der Waals surface area contributed by atoms with Crippen molar-refractivity contribution in [1.29, 1.82) is 0 Å². The molecular weight excluding hydrogens is 295 g/mol. The van der Waals surface area contributed by atoms with Crippen LogP contribution in [0.4, 0.5) is 15.8 Å². The predicted octanol–water partition coefficient (Wildman–Crippen LogP) is 2.53. The van der Waals surface area contributed by atoms with Crippen LogP contribution in [0.25, 0.3) is 0 Å². The Kier molecular flexibility index (Phi) is 4.04. The smallest absolute Gasteiger partial charge is 0.265 e. The van der Waals surface area contributed by atoms with Gasteiger partial charge in [0, 0.05) is 5.69 Å². The normalized spacial score (nSPS) is 11.2. The van der Waals surface area contributed by atoms with Gasteiger partial charge in [0.1, 0.15) is 16.5 Å². The third kappa shape index (κ3) is 3.08. The van der Waals surface area contributed by atoms with Gasteiger partial charge in [-0.25, -0.2) is 12.8 Å². The van der Waals surface area contributed by atoms with Crippen molar-refractivity contribution in [2.45, 2.75) is 11.8 Å². The summed E-state index contributed by atoms with van der Waals surface area (Å²) in [4.78, 5) is -0.503. The minimum Gasteiger partial charge on any atom is -0.495 e. The molecule has 21 heavy (non-hydrogen) atoms. The van der Waals surface area contributed by atoms with E-state index in [0.29, 0.717) is 11.3 Å². The number of ether oxygens (including phenoxy) is 1. The average Bonchev–Trinajstić information content (AvgIpc) is 2.43. The maximum atomic E-state index is 13.9. The molecule has 0 heterocycles. The maximum Gasteiger partial charge on any atom is 0.265 e. The van der Waals surface area contributed by atoms with E-state index in [0.717, 1.165) is 12.1 Å². The van der Waals surface area contributed by atoms with Gasteiger partial charge >= 0.3 is 0 Å². The molecule has 0 saturated carbocycles. The predicted molar refractivity (Wildman–Crippen MR) is 79.4 cm³/mol. The number of nitrogen functional groups attached to an aromatic ring is 1. The number of aryl methyl sites for hydroxylation is 1. The van der Waals surface area contributed by atoms with E-state index in [4.69, 9.17) is 10.5 Å². The molecule has 2 aromatic carbocycles. The van der Waals surface area contributed by atoms with Crippen molar-refractivity contribution in [1.82, 2.24) is 0 Å². The Morgan fingerprint density at radius 3 is 2.57 bits per heavy atom. The van der Waals surface area contributed by atoms with Crippen LogP contribution in [0.1, 0.15) is 5.56 Å². The highest BCUT2D eigenvalue weighted by Gasteiger charge is 2.21. The van der Waals surface area contributed by atoms with E-state index in [2.05, 4.69) is 4.72 Å². The van der Waals surface area contributed by atoms with Crippen LogP contribution >= 0.6 is 0 Å². The first-order valence-corrected chi connectivity index (χ1v) is 7.55. The van der Waals surface area contributed by atoms with Gasteiger partial charge in [-0.05, 0) is 36.8 Å². The van der Waals surface area contributed by atoms with Crippen molar-refractivity contribution in [3.8, 4) is 5.75 Å². The lowest BCUT2D eigenvalue weighted by Gasteiger charge is -2.13. The van der Waals surface area contributed by atoms with Crippen molar-refractivity contribution in [2.24, 2.45) is 0 Å². The average molecular weight is 310 g/mol. The van der Waals surface area contributed by atoms with E-state index in [1.165, 1.54) is 13.2 Å². The van der Waals surface area contributed by atoms with Gasteiger partial charge in [0.2, 0.25) is 0 Å². The fourth-order valence-corrected chi connectivity index (χ4v) is 2.97. The zero-order valence-corrected chi connectivity index (χ0v) is 12.4. The molecule has 0 bridgehead atoms. The van der Waals surface area contributed by atoms with E-state index in [1.807, 2.05) is 0 Å². The summed E-state index contributed by atoms with van der Waals surface area (Å²) < 4.78 is 45.8. The molecule has 0 fully saturated rings. The number of halogens is 1. The summed E-state index contributed by atoms with van der Waals surface area (Å²) in [5.41, 5.74) is 6.55. The van der Waals surface area contributed by atoms with Crippen LogP contribution in [0.2, 0.25) is 0 Å². The second kappa shape index (κ2) is 5.61. The largest absolute Gasteiger partial charge is 0.495 e. The Labute approximate surface area is 122 Å². The number of rotatable bonds is 4. The van der Waals surface area contributed by atoms with E-state index >= 15 is 0 Å². The van der Waals surface area contributed by atoms with Gasteiger partial charge in [0.25, 0.3) is 10.0 Å². The summed E-state index contributed by atoms with van der Waals surface area (Å²) in [6.45, 7) is 1.60. The standard InChI is InChI=1S/C14H15FN2O3S/c1-9-7-10(15)14(8-11(9)16)21(18,19)17-12-5-3-4-6-13(12)20-2/h3-8,17H,16H2,1-2H3. The summed E-state index contributed by atoms with van der Waals surface area (Å²) in [6.07, 6.45) is 0. The number of hydrogen-bond donors (Lipinski definition) is 2. The Bertz CT molecular complexity index is 776. The van der Waals surface area contributed by atoms with Crippen molar-refractivity contribution in [2.75, 3.05) is 17.6 Å². The molecule has 0 aliphatic heterocycles. The molecule has 0 radical (unpaired) electrons. The molecule has 0 aromatic heterocycles. The number of nitrogens with two attached hydrogens (primary N) is 1. The molecule has 3 N–H and O–H groups in total. The highest BCUT2D eigenvalue weighted by atomic mass is 32.2. The zero-order chi connectivity index (χ0) is 15.6. The number of hydrogen-bond acceptors (Lipinski definition) is 4. The minimum atomic E-state index is -4.10. The number of sulfonamides is 1. The van der Waals surface area contributed by atoms with Crippen molar-refractivity contribution in [3.05, 3.63) is 47.8 Å². The number of para-hydroxylation sites is 2. The Balaban J connectivity index is 2.46. The zero-order valence-electron chi connectivity index (χ0n) is 11.6. The van der Waals surface area contributed by atoms with E-state index in [1.54, 1.807) is 25.1 Å². The quantitative estimate of drug-likeness (QED) is 0.850. The third-order valence-electron chi connectivity index (χ3n) is 2.96. The van der Waals surface area contributed by atoms with Crippen LogP contribution in [-0.4, -0.2) is 15.5 Å². The molecule has 0 amide bonds. The summed E-state index contributed by atoms with van der Waals surface area (Å²) in [7, 11) is -2.69. The molecule has 0 saturated heterocycles. The molecule has 0 aliphatic carbocycles. The minimum absolute atomic E-state index is 0.205. The second-order valence-electron chi connectivity index (χ2n) is 4.45. The van der Waals surface area contributed by atoms with Crippen molar-refractivity contribution in [3.63, 3.8) is 0 Å². The second-order valence-corrected chi connectivity index (χ2v) is 6.10. The highest BCUT2D eigenvalue weighted by molar-refractivity contribution is 7.92. The van der Waals surface area contributed by atoms with Crippen molar-refractivity contribution < 1.29 is 17.5 Å². The molecule has 0 atom stereocenters. The van der Waals surface area contributed by atoms with Gasteiger partial charge < -0.3 is 10.5 Å². The van der Waals surface area contributed by atoms with E-state index < -0.39 is 20.7 Å². The first-order valence-electron chi connectivity index (χ1n) is 6.06. The molecule has 2 rings (SSSR count). The Hall–Kier alpha value is -2.28. The molecule has 0 spiro atoms. The summed E-state index contributed by atoms with van der Waals surface area (Å²) in [5.74, 6) is -0.523. The van der Waals surface area contributed by atoms with Gasteiger partial charge in [-0.2, -0.15) is 0 Å². The molecule has 5 nitrogen and oxygen atoms in total. The first-order chi connectivity index (χ1) is 9.85. The SMILES string of the molecule is COc1ccccc1NS(=O)(=O)c1cc(N)c(C)cc1F. The molecule has 2 aromatic rings. The lowest BCUT2D eigenvalue weighted by Crippen LogP contribution is -2.16. The van der Waals surface area contributed by atoms with Crippen LogP contribution in [0.3, 0.4) is 0 Å². The van der Waals surface area contributed by atoms with Gasteiger partial charge in [-0.15, -0.1) is 0 Å². The lowest BCUT2D eigenvalue weighted by atomic mass is 10.2. The summed E-state index contributed by atoms with van der Waals surface area (Å²) in [6, 6.07) is 8.64. The van der Waals surface area contributed by atoms with Crippen LogP contribution in [0.15, 0.2) is 41.3 Å². The van der Waals surface area contributed by atoms with Gasteiger partial charge in [0.15, 0.2) is 0 Å². The lowest BCUT2D eigenvalue weighted by molar-refractivity contribution is 0.417. The highest BCUT2D eigenvalue weighted by Crippen LogP contribution is 2.28. The third-order valence-corrected chi connectivity index (χ3v) is 4.34. The van der Waals surface area contributed by atoms with Gasteiger partial charge in [-0.1, -0.05) is 12.1 Å². The molecule has 7 heteroatoms. The van der Waals surface area contributed by atoms with E-state index in [9.17, 15) is 12.8 Å². The van der Waals surface area contributed by atoms with Crippen LogP contribution in [-0.2, 0) is 10.0 Å². The maximum absolute atomic E-state index is 13.9. The summed E-state index contributed by atoms with van der Waals surface area (Å²) >= 11 is 0. The Morgan fingerprint density at radius 2 is 1.90 bits per heavy atom. The fourth-order valence-electron chi connectivity index (χ4n) is 1.80. The van der Waals surface area contributed by atoms with E-state index in [-0.39, 0.29) is 11.4 Å². The van der Waals surface area contributed by atoms with Crippen LogP contribution in [0.5, 0.6) is 5.75 Å². The molecule has 0 aliphatic rings. The topological polar surface area (TPSA) is 81.4 Å². The number of benzene rings is 2. The van der Waals surface area contributed by atoms with Gasteiger partial charge in [0.05, 0.1) is 12.8 Å². The van der Waals surface area contributed by atoms with Crippen LogP contribution < -0.4 is 15.2 Å². The Morgan fingerprint density at radius 1 is 1.24 bits per heavy atom. The fraction of sp³-hybridized carbons (Fsp3) is 0.143. The number of anilines is 2. The number of nitrogens with one attached hydrogen (secondary N) is 1. The number of methoxy groups -OCH3 is 1. The first kappa shape index (κ1) is 15.1. The van der Waals surface area contributed by atoms with Crippen molar-refractivity contribution >= 4 is 21.4 Å². The monoisotopic (exact) mass is 310 g/mol. The molecule has 112 valence electrons. The van der Waals surface area contributed by atoms with Crippen LogP contribution in [0, 0.1) is 12.7 Å². The van der Waals surface area contributed by atoms with Gasteiger partial charge in [-0.3, -0.25) is 4.72 Å². The molecule has 0 unspecified atom stereocenters. The molecular formula is C14H15FN2O3S.